The lowest BCUT2D eigenvalue weighted by atomic mass is 9.76. The van der Waals surface area contributed by atoms with Gasteiger partial charge in [-0.05, 0) is 65.2 Å². The fraction of sp³-hybridized carbons (Fsp3) is 0.950. The molecule has 4 atom stereocenters. The van der Waals surface area contributed by atoms with E-state index in [2.05, 4.69) is 11.8 Å². The number of nitrogens with zero attached hydrogens (tertiary/aromatic N) is 1. The highest BCUT2D eigenvalue weighted by Crippen LogP contribution is 2.56. The van der Waals surface area contributed by atoms with Crippen molar-refractivity contribution in [2.24, 2.45) is 11.8 Å². The van der Waals surface area contributed by atoms with E-state index in [4.69, 9.17) is 17.7 Å². The van der Waals surface area contributed by atoms with Gasteiger partial charge in [-0.25, -0.2) is 0 Å². The number of hydrogen-bond acceptors (Lipinski definition) is 5. The van der Waals surface area contributed by atoms with Crippen LogP contribution in [0.2, 0.25) is 0 Å². The van der Waals surface area contributed by atoms with Gasteiger partial charge in [-0.15, -0.1) is 0 Å². The molecule has 1 amide bonds. The Morgan fingerprint density at radius 1 is 1.00 bits per heavy atom. The second-order valence-corrected chi connectivity index (χ2v) is 10.2. The van der Waals surface area contributed by atoms with Gasteiger partial charge in [-0.3, -0.25) is 4.79 Å². The van der Waals surface area contributed by atoms with Crippen molar-refractivity contribution in [3.63, 3.8) is 0 Å². The van der Waals surface area contributed by atoms with Crippen LogP contribution >= 0.6 is 0 Å². The summed E-state index contributed by atoms with van der Waals surface area (Å²) in [4.78, 5) is 15.3. The van der Waals surface area contributed by atoms with Crippen LogP contribution in [0.15, 0.2) is 0 Å². The van der Waals surface area contributed by atoms with Gasteiger partial charge in [0, 0.05) is 43.9 Å². The van der Waals surface area contributed by atoms with E-state index in [-0.39, 0.29) is 17.5 Å². The molecule has 0 radical (unpaired) electrons. The van der Waals surface area contributed by atoms with Crippen LogP contribution in [0.5, 0.6) is 0 Å². The van der Waals surface area contributed by atoms with Crippen molar-refractivity contribution in [3.8, 4) is 0 Å². The van der Waals surface area contributed by atoms with E-state index >= 15 is 0 Å². The van der Waals surface area contributed by atoms with Crippen LogP contribution in [0.3, 0.4) is 0 Å². The predicted molar refractivity (Wildman–Crippen MR) is 105 cm³/mol. The Hall–Kier alpha value is -0.473. The molecule has 3 aliphatic rings. The molecule has 2 aliphatic heterocycles. The third kappa shape index (κ3) is 3.86. The van der Waals surface area contributed by atoms with Gasteiger partial charge in [0.05, 0.1) is 0 Å². The van der Waals surface area contributed by atoms with Crippen LogP contribution in [0, 0.1) is 11.8 Å². The quantitative estimate of drug-likeness (QED) is 0.526. The molecule has 3 rings (SSSR count). The standard InChI is InChI=1S/C20H37NO5Si/c1-5-23-27(24-6-2,25-7-3)26-15-12-17-10-8-13-20-14-9-11-18(20)16(4)19(22)21(17)20/h16-18H,5-15H2,1-4H3/t16-,17-,18-,20-/m1/s1. The highest BCUT2D eigenvalue weighted by atomic mass is 28.4. The maximum absolute atomic E-state index is 13.0. The van der Waals surface area contributed by atoms with Crippen molar-refractivity contribution in [1.29, 1.82) is 0 Å². The molecule has 2 heterocycles. The molecule has 0 bridgehead atoms. The van der Waals surface area contributed by atoms with Gasteiger partial charge in [0.15, 0.2) is 0 Å². The molecule has 27 heavy (non-hydrogen) atoms. The number of hydrogen-bond donors (Lipinski definition) is 0. The van der Waals surface area contributed by atoms with Crippen molar-refractivity contribution < 1.29 is 22.5 Å². The lowest BCUT2D eigenvalue weighted by Crippen LogP contribution is -2.56. The monoisotopic (exact) mass is 399 g/mol. The molecule has 0 unspecified atom stereocenters. The molecule has 6 nitrogen and oxygen atoms in total. The molecule has 0 aromatic heterocycles. The van der Waals surface area contributed by atoms with Gasteiger partial charge in [0.2, 0.25) is 5.91 Å². The van der Waals surface area contributed by atoms with Crippen molar-refractivity contribution in [2.45, 2.75) is 84.2 Å². The van der Waals surface area contributed by atoms with Gasteiger partial charge in [0.25, 0.3) is 0 Å². The van der Waals surface area contributed by atoms with Crippen LogP contribution in [-0.4, -0.2) is 57.9 Å². The zero-order valence-electron chi connectivity index (χ0n) is 17.5. The summed E-state index contributed by atoms with van der Waals surface area (Å²) in [6.45, 7) is 9.95. The fourth-order valence-corrected chi connectivity index (χ4v) is 7.76. The normalized spacial score (nSPS) is 33.4. The summed E-state index contributed by atoms with van der Waals surface area (Å²) < 4.78 is 23.5. The van der Waals surface area contributed by atoms with Crippen LogP contribution in [0.1, 0.15) is 72.6 Å². The van der Waals surface area contributed by atoms with Crippen LogP contribution < -0.4 is 0 Å². The summed E-state index contributed by atoms with van der Waals surface area (Å²) in [6, 6.07) is 0.272. The first-order valence-corrected chi connectivity index (χ1v) is 12.6. The van der Waals surface area contributed by atoms with Gasteiger partial charge < -0.3 is 22.6 Å². The minimum Gasteiger partial charge on any atom is -0.351 e. The average molecular weight is 400 g/mol. The Bertz CT molecular complexity index is 502. The molecule has 2 saturated heterocycles. The molecule has 3 fully saturated rings. The number of piperidine rings is 1. The van der Waals surface area contributed by atoms with Crippen molar-refractivity contribution in [3.05, 3.63) is 0 Å². The molecule has 0 N–H and O–H groups in total. The second-order valence-electron chi connectivity index (χ2n) is 8.08. The topological polar surface area (TPSA) is 57.2 Å². The van der Waals surface area contributed by atoms with E-state index in [1.807, 2.05) is 20.8 Å². The number of amides is 1. The lowest BCUT2D eigenvalue weighted by molar-refractivity contribution is -0.139. The number of carbonyl (C=O) groups is 1. The van der Waals surface area contributed by atoms with Crippen LogP contribution in [0.25, 0.3) is 0 Å². The van der Waals surface area contributed by atoms with E-state index in [0.29, 0.717) is 38.3 Å². The first-order chi connectivity index (χ1) is 13.0. The van der Waals surface area contributed by atoms with E-state index < -0.39 is 9.05 Å². The van der Waals surface area contributed by atoms with E-state index in [0.717, 1.165) is 12.8 Å². The highest BCUT2D eigenvalue weighted by Gasteiger charge is 2.61. The molecular weight excluding hydrogens is 362 g/mol. The minimum atomic E-state index is -3.08. The summed E-state index contributed by atoms with van der Waals surface area (Å²) in [5, 5.41) is 0. The van der Waals surface area contributed by atoms with Gasteiger partial charge in [0.1, 0.15) is 0 Å². The maximum Gasteiger partial charge on any atom is 0.679 e. The molecular formula is C20H37NO5Si. The second kappa shape index (κ2) is 8.90. The maximum atomic E-state index is 13.0. The molecule has 156 valence electrons. The zero-order chi connectivity index (χ0) is 19.5. The average Bonchev–Trinajstić information content (AvgIpc) is 3.13. The Balaban J connectivity index is 1.66. The summed E-state index contributed by atoms with van der Waals surface area (Å²) in [6.07, 6.45) is 7.94. The molecule has 1 saturated carbocycles. The third-order valence-electron chi connectivity index (χ3n) is 6.73. The third-order valence-corrected chi connectivity index (χ3v) is 9.22. The summed E-state index contributed by atoms with van der Waals surface area (Å²) in [5.74, 6) is 1.10. The first kappa shape index (κ1) is 21.2. The Morgan fingerprint density at radius 2 is 1.59 bits per heavy atom. The summed E-state index contributed by atoms with van der Waals surface area (Å²) in [7, 11) is -3.08. The Morgan fingerprint density at radius 3 is 2.19 bits per heavy atom. The largest absolute Gasteiger partial charge is 0.679 e. The van der Waals surface area contributed by atoms with Crippen molar-refractivity contribution in [2.75, 3.05) is 26.4 Å². The van der Waals surface area contributed by atoms with Crippen LogP contribution in [0.4, 0.5) is 0 Å². The van der Waals surface area contributed by atoms with Crippen molar-refractivity contribution >= 4 is 15.0 Å². The van der Waals surface area contributed by atoms with E-state index in [1.165, 1.54) is 32.1 Å². The fourth-order valence-electron chi connectivity index (χ4n) is 5.83. The zero-order valence-corrected chi connectivity index (χ0v) is 18.5. The van der Waals surface area contributed by atoms with Crippen LogP contribution in [-0.2, 0) is 22.5 Å². The number of rotatable bonds is 10. The first-order valence-electron chi connectivity index (χ1n) is 10.9. The SMILES string of the molecule is CCO[Si](OCC)(OCC)OCC[C@H]1CCC[C@@]23CCC[C@@H]2[C@@H](C)C(=O)N13. The van der Waals surface area contributed by atoms with Gasteiger partial charge >= 0.3 is 9.05 Å². The predicted octanol–water partition coefficient (Wildman–Crippen LogP) is 3.51. The van der Waals surface area contributed by atoms with Gasteiger partial charge in [-0.1, -0.05) is 13.3 Å². The minimum absolute atomic E-state index is 0.133. The molecule has 7 heteroatoms. The summed E-state index contributed by atoms with van der Waals surface area (Å²) >= 11 is 0. The highest BCUT2D eigenvalue weighted by molar-refractivity contribution is 6.53. The molecule has 1 aliphatic carbocycles. The van der Waals surface area contributed by atoms with Crippen molar-refractivity contribution in [1.82, 2.24) is 4.90 Å². The van der Waals surface area contributed by atoms with E-state index in [1.54, 1.807) is 0 Å². The molecule has 1 spiro atoms. The Labute approximate surface area is 165 Å². The van der Waals surface area contributed by atoms with Gasteiger partial charge in [-0.2, -0.15) is 0 Å². The summed E-state index contributed by atoms with van der Waals surface area (Å²) in [5.41, 5.74) is 0.133. The smallest absolute Gasteiger partial charge is 0.351 e. The number of carbonyl (C=O) groups excluding carboxylic acids is 1. The van der Waals surface area contributed by atoms with E-state index in [9.17, 15) is 4.79 Å². The molecule has 0 aromatic rings. The molecule has 0 aromatic carbocycles. The Kier molecular flexibility index (Phi) is 7.01. The lowest BCUT2D eigenvalue weighted by Gasteiger charge is -2.48.